The van der Waals surface area contributed by atoms with Crippen LogP contribution in [0.1, 0.15) is 13.8 Å². The Kier molecular flexibility index (Phi) is 6.59. The van der Waals surface area contributed by atoms with Crippen LogP contribution in [-0.4, -0.2) is 46.9 Å². The molecule has 6 nitrogen and oxygen atoms in total. The van der Waals surface area contributed by atoms with E-state index in [4.69, 9.17) is 0 Å². The monoisotopic (exact) mass is 322 g/mol. The van der Waals surface area contributed by atoms with Crippen molar-refractivity contribution in [1.82, 2.24) is 10.2 Å². The molecule has 1 rings (SSSR count). The number of carbonyl (C=O) groups excluding carboxylic acids is 2. The molecule has 0 aliphatic heterocycles. The first-order chi connectivity index (χ1) is 8.97. The van der Waals surface area contributed by atoms with E-state index < -0.39 is 0 Å². The molecule has 1 heterocycles. The van der Waals surface area contributed by atoms with Crippen molar-refractivity contribution in [2.45, 2.75) is 33.0 Å². The highest BCUT2D eigenvalue weighted by molar-refractivity contribution is 8.04. The van der Waals surface area contributed by atoms with Gasteiger partial charge in [0.2, 0.25) is 0 Å². The Balaban J connectivity index is 2.57. The zero-order valence-electron chi connectivity index (χ0n) is 10.9. The van der Waals surface area contributed by atoms with Crippen LogP contribution in [0.2, 0.25) is 0 Å². The Morgan fingerprint density at radius 3 is 1.68 bits per heavy atom. The number of ether oxygens (including phenoxy) is 2. The van der Waals surface area contributed by atoms with Crippen LogP contribution in [0.3, 0.4) is 0 Å². The average molecular weight is 322 g/mol. The highest BCUT2D eigenvalue weighted by Crippen LogP contribution is 2.33. The third-order valence-electron chi connectivity index (χ3n) is 2.01. The zero-order chi connectivity index (χ0) is 14.4. The summed E-state index contributed by atoms with van der Waals surface area (Å²) in [6.07, 6.45) is 0. The molecule has 9 heteroatoms. The van der Waals surface area contributed by atoms with E-state index in [1.165, 1.54) is 49.1 Å². The van der Waals surface area contributed by atoms with Gasteiger partial charge in [-0.05, 0) is 13.8 Å². The van der Waals surface area contributed by atoms with E-state index in [0.29, 0.717) is 8.68 Å². The number of hydrogen-bond acceptors (Lipinski definition) is 9. The first-order valence-corrected chi connectivity index (χ1v) is 7.88. The molecule has 0 radical (unpaired) electrons. The van der Waals surface area contributed by atoms with Crippen molar-refractivity contribution in [3.63, 3.8) is 0 Å². The van der Waals surface area contributed by atoms with Crippen molar-refractivity contribution in [2.75, 3.05) is 14.2 Å². The molecule has 0 unspecified atom stereocenters. The molecule has 0 fully saturated rings. The minimum Gasteiger partial charge on any atom is -0.468 e. The van der Waals surface area contributed by atoms with Crippen LogP contribution in [-0.2, 0) is 19.1 Å². The number of carbonyl (C=O) groups is 2. The van der Waals surface area contributed by atoms with Gasteiger partial charge >= 0.3 is 11.9 Å². The van der Waals surface area contributed by atoms with Crippen molar-refractivity contribution < 1.29 is 19.1 Å². The Bertz CT molecular complexity index is 413. The summed E-state index contributed by atoms with van der Waals surface area (Å²) >= 11 is 3.89. The molecule has 1 aromatic heterocycles. The van der Waals surface area contributed by atoms with Gasteiger partial charge in [0.05, 0.1) is 14.2 Å². The van der Waals surface area contributed by atoms with Crippen molar-refractivity contribution >= 4 is 46.8 Å². The summed E-state index contributed by atoms with van der Waals surface area (Å²) in [4.78, 5) is 22.6. The molecule has 0 amide bonds. The van der Waals surface area contributed by atoms with Crippen LogP contribution in [0.5, 0.6) is 0 Å². The molecule has 0 spiro atoms. The molecule has 0 aliphatic carbocycles. The van der Waals surface area contributed by atoms with Crippen LogP contribution in [0.15, 0.2) is 8.68 Å². The molecular weight excluding hydrogens is 308 g/mol. The minimum absolute atomic E-state index is 0.308. The Hall–Kier alpha value is -0.800. The molecule has 19 heavy (non-hydrogen) atoms. The second-order valence-corrected chi connectivity index (χ2v) is 7.55. The van der Waals surface area contributed by atoms with Crippen molar-refractivity contribution in [2.24, 2.45) is 0 Å². The average Bonchev–Trinajstić information content (AvgIpc) is 2.83. The van der Waals surface area contributed by atoms with Crippen molar-refractivity contribution in [3.05, 3.63) is 0 Å². The molecule has 2 atom stereocenters. The van der Waals surface area contributed by atoms with Crippen LogP contribution >= 0.6 is 34.9 Å². The second kappa shape index (κ2) is 7.71. The zero-order valence-corrected chi connectivity index (χ0v) is 13.4. The Morgan fingerprint density at radius 1 is 1.00 bits per heavy atom. The third kappa shape index (κ3) is 5.00. The Labute approximate surface area is 123 Å². The maximum absolute atomic E-state index is 11.3. The van der Waals surface area contributed by atoms with Crippen LogP contribution in [0.4, 0.5) is 0 Å². The largest absolute Gasteiger partial charge is 0.468 e. The number of methoxy groups -OCH3 is 2. The quantitative estimate of drug-likeness (QED) is 0.580. The van der Waals surface area contributed by atoms with Gasteiger partial charge in [-0.3, -0.25) is 9.59 Å². The number of rotatable bonds is 6. The minimum atomic E-state index is -0.339. The van der Waals surface area contributed by atoms with Crippen molar-refractivity contribution in [1.29, 1.82) is 0 Å². The van der Waals surface area contributed by atoms with E-state index in [9.17, 15) is 9.59 Å². The maximum atomic E-state index is 11.3. The van der Waals surface area contributed by atoms with Gasteiger partial charge in [-0.1, -0.05) is 34.9 Å². The standard InChI is InChI=1S/C10H14N2O4S3/c1-5(7(13)15-3)17-9-11-12-10(19-9)18-6(2)8(14)16-4/h5-6H,1-4H3/t5-,6-/m0/s1. The third-order valence-corrected chi connectivity index (χ3v) is 5.26. The molecule has 0 bridgehead atoms. The van der Waals surface area contributed by atoms with E-state index in [-0.39, 0.29) is 22.4 Å². The molecular formula is C10H14N2O4S3. The number of esters is 2. The lowest BCUT2D eigenvalue weighted by atomic mass is 10.5. The fraction of sp³-hybridized carbons (Fsp3) is 0.600. The Morgan fingerprint density at radius 2 is 1.37 bits per heavy atom. The second-order valence-electron chi connectivity index (χ2n) is 3.40. The molecule has 0 aliphatic rings. The number of thioether (sulfide) groups is 2. The van der Waals surface area contributed by atoms with Gasteiger partial charge in [-0.25, -0.2) is 0 Å². The summed E-state index contributed by atoms with van der Waals surface area (Å²) in [6, 6.07) is 0. The molecule has 0 N–H and O–H groups in total. The lowest BCUT2D eigenvalue weighted by Crippen LogP contribution is -2.14. The molecule has 1 aromatic rings. The van der Waals surface area contributed by atoms with Gasteiger partial charge in [0.1, 0.15) is 10.5 Å². The first-order valence-electron chi connectivity index (χ1n) is 5.30. The summed E-state index contributed by atoms with van der Waals surface area (Å²) in [7, 11) is 2.69. The highest BCUT2D eigenvalue weighted by Gasteiger charge is 2.20. The lowest BCUT2D eigenvalue weighted by Gasteiger charge is -2.05. The van der Waals surface area contributed by atoms with Gasteiger partial charge in [-0.15, -0.1) is 10.2 Å². The normalized spacial score (nSPS) is 13.7. The van der Waals surface area contributed by atoms with Crippen LogP contribution < -0.4 is 0 Å². The fourth-order valence-corrected chi connectivity index (χ4v) is 4.38. The molecule has 0 aromatic carbocycles. The summed E-state index contributed by atoms with van der Waals surface area (Å²) in [5.41, 5.74) is 0. The summed E-state index contributed by atoms with van der Waals surface area (Å²) in [6.45, 7) is 3.48. The van der Waals surface area contributed by atoms with Gasteiger partial charge in [-0.2, -0.15) is 0 Å². The van der Waals surface area contributed by atoms with Gasteiger partial charge in [0.25, 0.3) is 0 Å². The highest BCUT2D eigenvalue weighted by atomic mass is 32.2. The van der Waals surface area contributed by atoms with E-state index in [2.05, 4.69) is 19.7 Å². The summed E-state index contributed by atoms with van der Waals surface area (Å²) < 4.78 is 10.6. The molecule has 106 valence electrons. The number of hydrogen-bond donors (Lipinski definition) is 0. The predicted molar refractivity (Wildman–Crippen MR) is 74.6 cm³/mol. The topological polar surface area (TPSA) is 78.4 Å². The SMILES string of the molecule is COC(=O)[C@H](C)Sc1nnc(S[C@@H](C)C(=O)OC)s1. The van der Waals surface area contributed by atoms with Crippen LogP contribution in [0.25, 0.3) is 0 Å². The van der Waals surface area contributed by atoms with Crippen molar-refractivity contribution in [3.8, 4) is 0 Å². The van der Waals surface area contributed by atoms with Gasteiger partial charge < -0.3 is 9.47 Å². The van der Waals surface area contributed by atoms with Crippen LogP contribution in [0, 0.1) is 0 Å². The smallest absolute Gasteiger partial charge is 0.318 e. The summed E-state index contributed by atoms with van der Waals surface area (Å²) in [5.74, 6) is -0.616. The molecule has 0 saturated carbocycles. The number of nitrogens with zero attached hydrogens (tertiary/aromatic N) is 2. The molecule has 0 saturated heterocycles. The fourth-order valence-electron chi connectivity index (χ4n) is 1.02. The van der Waals surface area contributed by atoms with E-state index in [1.807, 2.05) is 0 Å². The van der Waals surface area contributed by atoms with E-state index in [0.717, 1.165) is 0 Å². The van der Waals surface area contributed by atoms with E-state index in [1.54, 1.807) is 13.8 Å². The van der Waals surface area contributed by atoms with Gasteiger partial charge in [0.15, 0.2) is 8.68 Å². The van der Waals surface area contributed by atoms with Gasteiger partial charge in [0, 0.05) is 0 Å². The number of aromatic nitrogens is 2. The predicted octanol–water partition coefficient (Wildman–Crippen LogP) is 1.85. The van der Waals surface area contributed by atoms with E-state index >= 15 is 0 Å². The first kappa shape index (κ1) is 16.3. The summed E-state index contributed by atoms with van der Waals surface area (Å²) in [5, 5.41) is 7.25. The maximum Gasteiger partial charge on any atom is 0.318 e. The lowest BCUT2D eigenvalue weighted by molar-refractivity contribution is -0.140.